The molecule has 0 spiro atoms. The van der Waals surface area contributed by atoms with Crippen LogP contribution in [0, 0.1) is 11.2 Å². The van der Waals surface area contributed by atoms with E-state index in [0.717, 1.165) is 61.5 Å². The number of alkyl halides is 3. The van der Waals surface area contributed by atoms with Gasteiger partial charge in [-0.3, -0.25) is 9.69 Å². The maximum Gasteiger partial charge on any atom is 0.416 e. The van der Waals surface area contributed by atoms with Gasteiger partial charge in [0.25, 0.3) is 0 Å². The predicted molar refractivity (Wildman–Crippen MR) is 183 cm³/mol. The van der Waals surface area contributed by atoms with Gasteiger partial charge in [0.1, 0.15) is 5.82 Å². The Bertz CT molecular complexity index is 1680. The standard InChI is InChI=1S/C40H46F4N2O3/c1-27-5-4-17-38(2)36(16-18-39(38,49)26-45-19-21-46(22-20-45)32-12-10-31(41)11-13-32)34-15-9-28(23-33(47)14-8-27)24-35(34)37(48)29-6-3-7-30(25-29)40(42,43)44/h3,5-7,9-13,15,24-25,33,36,47,49H,4,8,14,16-23,26H2,1-2H3/t33-,36-,38-,39+/m0/s1. The first-order chi connectivity index (χ1) is 23.3. The Morgan fingerprint density at radius 3 is 2.41 bits per heavy atom. The fourth-order valence-corrected chi connectivity index (χ4v) is 8.37. The van der Waals surface area contributed by atoms with Crippen LogP contribution in [-0.2, 0) is 12.6 Å². The molecule has 49 heavy (non-hydrogen) atoms. The van der Waals surface area contributed by atoms with Crippen molar-refractivity contribution in [3.05, 3.63) is 112 Å². The number of aliphatic hydroxyl groups excluding tert-OH is 1. The van der Waals surface area contributed by atoms with E-state index in [1.165, 1.54) is 29.8 Å². The molecular weight excluding hydrogens is 632 g/mol. The molecule has 4 aliphatic rings. The molecule has 2 N–H and O–H groups in total. The Balaban J connectivity index is 1.34. The summed E-state index contributed by atoms with van der Waals surface area (Å²) in [6, 6.07) is 16.6. The van der Waals surface area contributed by atoms with Gasteiger partial charge in [-0.1, -0.05) is 42.8 Å². The van der Waals surface area contributed by atoms with Crippen molar-refractivity contribution in [1.82, 2.24) is 4.90 Å². The van der Waals surface area contributed by atoms with E-state index in [-0.39, 0.29) is 17.3 Å². The van der Waals surface area contributed by atoms with Crippen molar-refractivity contribution in [3.8, 4) is 0 Å². The highest BCUT2D eigenvalue weighted by molar-refractivity contribution is 6.10. The second-order valence-electron chi connectivity index (χ2n) is 14.6. The largest absolute Gasteiger partial charge is 0.416 e. The van der Waals surface area contributed by atoms with Crippen LogP contribution >= 0.6 is 0 Å². The van der Waals surface area contributed by atoms with Crippen LogP contribution in [0.5, 0.6) is 0 Å². The number of hydrogen-bond donors (Lipinski definition) is 2. The van der Waals surface area contributed by atoms with E-state index in [2.05, 4.69) is 29.7 Å². The normalized spacial score (nSPS) is 27.0. The second-order valence-corrected chi connectivity index (χ2v) is 14.6. The molecule has 3 aromatic carbocycles. The first-order valence-electron chi connectivity index (χ1n) is 17.4. The first-order valence-corrected chi connectivity index (χ1v) is 17.4. The lowest BCUT2D eigenvalue weighted by Gasteiger charge is -2.47. The zero-order chi connectivity index (χ0) is 35.0. The quantitative estimate of drug-likeness (QED) is 0.163. The highest BCUT2D eigenvalue weighted by Crippen LogP contribution is 2.59. The Labute approximate surface area is 286 Å². The third kappa shape index (κ3) is 7.49. The molecule has 1 saturated carbocycles. The van der Waals surface area contributed by atoms with E-state index < -0.39 is 34.6 Å². The minimum absolute atomic E-state index is 0.0394. The van der Waals surface area contributed by atoms with Crippen molar-refractivity contribution in [1.29, 1.82) is 0 Å². The molecular formula is C40H46F4N2O3. The highest BCUT2D eigenvalue weighted by atomic mass is 19.4. The van der Waals surface area contributed by atoms with Crippen molar-refractivity contribution in [3.63, 3.8) is 0 Å². The number of nitrogens with zero attached hydrogens (tertiary/aromatic N) is 2. The average Bonchev–Trinajstić information content (AvgIpc) is 3.32. The number of ketones is 1. The summed E-state index contributed by atoms with van der Waals surface area (Å²) >= 11 is 0. The smallest absolute Gasteiger partial charge is 0.393 e. The lowest BCUT2D eigenvalue weighted by molar-refractivity contribution is -0.137. The van der Waals surface area contributed by atoms with Gasteiger partial charge < -0.3 is 15.1 Å². The van der Waals surface area contributed by atoms with Crippen LogP contribution in [0.2, 0.25) is 0 Å². The number of aliphatic hydroxyl groups is 2. The van der Waals surface area contributed by atoms with E-state index in [1.807, 2.05) is 12.1 Å². The number of halogens is 4. The van der Waals surface area contributed by atoms with E-state index >= 15 is 0 Å². The van der Waals surface area contributed by atoms with Gasteiger partial charge in [0.15, 0.2) is 5.78 Å². The Hall–Kier alpha value is -3.53. The third-order valence-electron chi connectivity index (χ3n) is 11.4. The first kappa shape index (κ1) is 35.3. The Kier molecular flexibility index (Phi) is 10.1. The molecule has 3 aromatic rings. The number of fused-ring (bicyclic) bond motifs is 8. The molecule has 0 amide bonds. The third-order valence-corrected chi connectivity index (χ3v) is 11.4. The molecule has 7 rings (SSSR count). The highest BCUT2D eigenvalue weighted by Gasteiger charge is 2.57. The molecule has 1 aliphatic heterocycles. The number of piperazine rings is 1. The number of carbonyl (C=O) groups excluding carboxylic acids is 1. The van der Waals surface area contributed by atoms with Gasteiger partial charge in [-0.05, 0) is 111 Å². The molecule has 3 aliphatic carbocycles. The van der Waals surface area contributed by atoms with Gasteiger partial charge in [0.2, 0.25) is 0 Å². The molecule has 9 heteroatoms. The summed E-state index contributed by atoms with van der Waals surface area (Å²) in [5.74, 6) is -0.984. The summed E-state index contributed by atoms with van der Waals surface area (Å²) in [5, 5.41) is 23.5. The van der Waals surface area contributed by atoms with Crippen molar-refractivity contribution in [2.75, 3.05) is 37.6 Å². The van der Waals surface area contributed by atoms with E-state index in [9.17, 15) is 32.6 Å². The number of β-amino-alcohol motifs (C(OH)–C–C–N with tert-alkyl or cyclic N) is 1. The van der Waals surface area contributed by atoms with Crippen LogP contribution in [0.3, 0.4) is 0 Å². The topological polar surface area (TPSA) is 64.0 Å². The minimum atomic E-state index is -4.59. The van der Waals surface area contributed by atoms with Gasteiger partial charge in [0, 0.05) is 55.0 Å². The summed E-state index contributed by atoms with van der Waals surface area (Å²) in [6.07, 6.45) is 1.08. The van der Waals surface area contributed by atoms with Crippen molar-refractivity contribution in [2.45, 2.75) is 82.6 Å². The van der Waals surface area contributed by atoms with E-state index in [1.54, 1.807) is 18.2 Å². The number of anilines is 1. The van der Waals surface area contributed by atoms with Crippen molar-refractivity contribution < 1.29 is 32.6 Å². The number of allylic oxidation sites excluding steroid dienone is 2. The number of hydrogen-bond acceptors (Lipinski definition) is 5. The van der Waals surface area contributed by atoms with Crippen LogP contribution in [0.4, 0.5) is 23.2 Å². The minimum Gasteiger partial charge on any atom is -0.393 e. The second kappa shape index (κ2) is 14.0. The molecule has 0 radical (unpaired) electrons. The molecule has 2 bridgehead atoms. The molecule has 4 atom stereocenters. The van der Waals surface area contributed by atoms with Crippen LogP contribution in [0.25, 0.3) is 0 Å². The van der Waals surface area contributed by atoms with Gasteiger partial charge >= 0.3 is 6.18 Å². The van der Waals surface area contributed by atoms with Gasteiger partial charge in [-0.25, -0.2) is 4.39 Å². The Morgan fingerprint density at radius 1 is 0.959 bits per heavy atom. The molecule has 2 fully saturated rings. The lowest BCUT2D eigenvalue weighted by atomic mass is 9.64. The summed E-state index contributed by atoms with van der Waals surface area (Å²) in [6.45, 7) is 7.59. The summed E-state index contributed by atoms with van der Waals surface area (Å²) in [5.41, 5.74) is 1.32. The molecule has 5 nitrogen and oxygen atoms in total. The van der Waals surface area contributed by atoms with Crippen LogP contribution in [0.1, 0.15) is 90.9 Å². The average molecular weight is 679 g/mol. The zero-order valence-corrected chi connectivity index (χ0v) is 28.3. The maximum atomic E-state index is 14.2. The molecule has 0 aromatic heterocycles. The monoisotopic (exact) mass is 678 g/mol. The fourth-order valence-electron chi connectivity index (χ4n) is 8.37. The maximum absolute atomic E-state index is 14.2. The summed E-state index contributed by atoms with van der Waals surface area (Å²) in [4.78, 5) is 18.7. The lowest BCUT2D eigenvalue weighted by Crippen LogP contribution is -2.56. The molecule has 1 heterocycles. The number of carbonyl (C=O) groups is 1. The fraction of sp³-hybridized carbons (Fsp3) is 0.475. The molecule has 0 unspecified atom stereocenters. The van der Waals surface area contributed by atoms with E-state index in [4.69, 9.17) is 0 Å². The van der Waals surface area contributed by atoms with Crippen LogP contribution < -0.4 is 4.90 Å². The van der Waals surface area contributed by atoms with Gasteiger partial charge in [-0.15, -0.1) is 0 Å². The van der Waals surface area contributed by atoms with Crippen LogP contribution in [0.15, 0.2) is 78.4 Å². The SMILES string of the molecule is CC1=CCC[C@@]2(C)[C@@H](CC[C@@]2(O)CN2CCN(c3ccc(F)cc3)CC2)c2ccc(cc2C(=O)c2cccc(C(F)(F)F)c2)C[C@@H](O)CC1. The van der Waals surface area contributed by atoms with Gasteiger partial charge in [-0.2, -0.15) is 13.2 Å². The molecule has 262 valence electrons. The zero-order valence-electron chi connectivity index (χ0n) is 28.3. The number of rotatable bonds is 5. The molecule has 1 saturated heterocycles. The van der Waals surface area contributed by atoms with E-state index in [0.29, 0.717) is 50.6 Å². The predicted octanol–water partition coefficient (Wildman–Crippen LogP) is 7.94. The summed E-state index contributed by atoms with van der Waals surface area (Å²) in [7, 11) is 0. The van der Waals surface area contributed by atoms with Crippen LogP contribution in [-0.4, -0.2) is 65.3 Å². The Morgan fingerprint density at radius 2 is 1.69 bits per heavy atom. The summed E-state index contributed by atoms with van der Waals surface area (Å²) < 4.78 is 54.5. The number of benzene rings is 3. The van der Waals surface area contributed by atoms with Crippen molar-refractivity contribution in [2.24, 2.45) is 5.41 Å². The van der Waals surface area contributed by atoms with Gasteiger partial charge in [0.05, 0.1) is 17.3 Å². The van der Waals surface area contributed by atoms with Crippen molar-refractivity contribution >= 4 is 11.5 Å².